The lowest BCUT2D eigenvalue weighted by Crippen LogP contribution is -2.17. The van der Waals surface area contributed by atoms with Gasteiger partial charge in [0, 0.05) is 17.9 Å². The lowest BCUT2D eigenvalue weighted by Gasteiger charge is -2.27. The molecule has 0 aliphatic rings. The van der Waals surface area contributed by atoms with Crippen molar-refractivity contribution in [3.8, 4) is 0 Å². The third-order valence-electron chi connectivity index (χ3n) is 3.70. The van der Waals surface area contributed by atoms with Crippen molar-refractivity contribution in [3.63, 3.8) is 0 Å². The van der Waals surface area contributed by atoms with Gasteiger partial charge in [-0.1, -0.05) is 79.4 Å². The maximum atomic E-state index is 3.95. The minimum atomic E-state index is 0.829. The summed E-state index contributed by atoms with van der Waals surface area (Å²) < 4.78 is 0. The van der Waals surface area contributed by atoms with E-state index in [2.05, 4.69) is 78.2 Å². The largest absolute Gasteiger partial charge is 0.337 e. The standard InChI is InChI=1S/C21H19N/c1-2-19-13-9-10-16-21(19)22(20-14-7-4-8-15-20)17-18-11-5-3-6-12-18/h2-16H,1,17H2. The molecule has 0 bridgehead atoms. The van der Waals surface area contributed by atoms with Gasteiger partial charge in [-0.3, -0.25) is 0 Å². The van der Waals surface area contributed by atoms with E-state index in [4.69, 9.17) is 0 Å². The third kappa shape index (κ3) is 3.09. The molecular weight excluding hydrogens is 266 g/mol. The van der Waals surface area contributed by atoms with Gasteiger partial charge in [0.1, 0.15) is 0 Å². The number of benzene rings is 3. The van der Waals surface area contributed by atoms with Crippen LogP contribution in [0.4, 0.5) is 11.4 Å². The molecule has 0 unspecified atom stereocenters. The van der Waals surface area contributed by atoms with Gasteiger partial charge in [0.25, 0.3) is 0 Å². The molecule has 108 valence electrons. The molecule has 0 aliphatic carbocycles. The summed E-state index contributed by atoms with van der Waals surface area (Å²) >= 11 is 0. The fourth-order valence-corrected chi connectivity index (χ4v) is 2.60. The minimum Gasteiger partial charge on any atom is -0.337 e. The molecule has 3 rings (SSSR count). The lowest BCUT2D eigenvalue weighted by atomic mass is 10.1. The van der Waals surface area contributed by atoms with Crippen LogP contribution in [0.25, 0.3) is 6.08 Å². The molecule has 0 radical (unpaired) electrons. The molecule has 0 heterocycles. The van der Waals surface area contributed by atoms with Gasteiger partial charge >= 0.3 is 0 Å². The van der Waals surface area contributed by atoms with E-state index in [-0.39, 0.29) is 0 Å². The average molecular weight is 285 g/mol. The summed E-state index contributed by atoms with van der Waals surface area (Å²) in [5.41, 5.74) is 4.78. The van der Waals surface area contributed by atoms with Crippen molar-refractivity contribution in [2.75, 3.05) is 4.90 Å². The van der Waals surface area contributed by atoms with Crippen LogP contribution < -0.4 is 4.90 Å². The highest BCUT2D eigenvalue weighted by atomic mass is 15.1. The molecule has 0 amide bonds. The fraction of sp³-hybridized carbons (Fsp3) is 0.0476. The molecular formula is C21H19N. The molecule has 3 aromatic carbocycles. The second kappa shape index (κ2) is 6.77. The molecule has 0 aromatic heterocycles. The van der Waals surface area contributed by atoms with E-state index in [1.54, 1.807) is 0 Å². The van der Waals surface area contributed by atoms with Gasteiger partial charge in [-0.05, 0) is 29.3 Å². The molecule has 0 fully saturated rings. The predicted octanol–water partition coefficient (Wildman–Crippen LogP) is 5.67. The number of nitrogens with zero attached hydrogens (tertiary/aromatic N) is 1. The molecule has 0 aliphatic heterocycles. The van der Waals surface area contributed by atoms with E-state index < -0.39 is 0 Å². The zero-order valence-corrected chi connectivity index (χ0v) is 12.5. The Morgan fingerprint density at radius 3 is 2.00 bits per heavy atom. The third-order valence-corrected chi connectivity index (χ3v) is 3.70. The van der Waals surface area contributed by atoms with Gasteiger partial charge in [0.15, 0.2) is 0 Å². The van der Waals surface area contributed by atoms with Crippen molar-refractivity contribution in [1.29, 1.82) is 0 Å². The van der Waals surface area contributed by atoms with Gasteiger partial charge in [-0.15, -0.1) is 0 Å². The number of hydrogen-bond donors (Lipinski definition) is 0. The van der Waals surface area contributed by atoms with E-state index in [1.807, 2.05) is 24.3 Å². The van der Waals surface area contributed by atoms with Crippen LogP contribution in [0.5, 0.6) is 0 Å². The summed E-state index contributed by atoms with van der Waals surface area (Å²) in [4.78, 5) is 2.33. The molecule has 0 atom stereocenters. The van der Waals surface area contributed by atoms with E-state index >= 15 is 0 Å². The van der Waals surface area contributed by atoms with E-state index in [0.717, 1.165) is 12.1 Å². The number of hydrogen-bond acceptors (Lipinski definition) is 1. The first-order valence-corrected chi connectivity index (χ1v) is 7.46. The highest BCUT2D eigenvalue weighted by molar-refractivity contribution is 5.73. The van der Waals surface area contributed by atoms with Crippen molar-refractivity contribution < 1.29 is 0 Å². The van der Waals surface area contributed by atoms with Crippen molar-refractivity contribution in [3.05, 3.63) is 103 Å². The summed E-state index contributed by atoms with van der Waals surface area (Å²) in [5.74, 6) is 0. The monoisotopic (exact) mass is 285 g/mol. The lowest BCUT2D eigenvalue weighted by molar-refractivity contribution is 0.974. The first-order valence-electron chi connectivity index (χ1n) is 7.46. The molecule has 0 spiro atoms. The van der Waals surface area contributed by atoms with Crippen molar-refractivity contribution in [1.82, 2.24) is 0 Å². The topological polar surface area (TPSA) is 3.24 Å². The highest BCUT2D eigenvalue weighted by Crippen LogP contribution is 2.30. The Morgan fingerprint density at radius 2 is 1.32 bits per heavy atom. The maximum absolute atomic E-state index is 3.95. The van der Waals surface area contributed by atoms with E-state index in [9.17, 15) is 0 Å². The molecule has 1 nitrogen and oxygen atoms in total. The van der Waals surface area contributed by atoms with Crippen LogP contribution in [-0.2, 0) is 6.54 Å². The van der Waals surface area contributed by atoms with Gasteiger partial charge in [-0.25, -0.2) is 0 Å². The van der Waals surface area contributed by atoms with Gasteiger partial charge < -0.3 is 4.90 Å². The smallest absolute Gasteiger partial charge is 0.0487 e. The Kier molecular flexibility index (Phi) is 4.35. The van der Waals surface area contributed by atoms with Gasteiger partial charge in [0.2, 0.25) is 0 Å². The Labute approximate surface area is 132 Å². The van der Waals surface area contributed by atoms with Crippen molar-refractivity contribution in [2.45, 2.75) is 6.54 Å². The quantitative estimate of drug-likeness (QED) is 0.584. The van der Waals surface area contributed by atoms with Crippen LogP contribution in [0.1, 0.15) is 11.1 Å². The van der Waals surface area contributed by atoms with Crippen LogP contribution in [0, 0.1) is 0 Å². The van der Waals surface area contributed by atoms with Crippen LogP contribution >= 0.6 is 0 Å². The van der Waals surface area contributed by atoms with Crippen molar-refractivity contribution >= 4 is 17.5 Å². The first-order chi connectivity index (χ1) is 10.9. The normalized spacial score (nSPS) is 10.2. The van der Waals surface area contributed by atoms with E-state index in [0.29, 0.717) is 0 Å². The van der Waals surface area contributed by atoms with Crippen LogP contribution in [-0.4, -0.2) is 0 Å². The molecule has 1 heteroatoms. The van der Waals surface area contributed by atoms with Gasteiger partial charge in [-0.2, -0.15) is 0 Å². The molecule has 22 heavy (non-hydrogen) atoms. The summed E-state index contributed by atoms with van der Waals surface area (Å²) in [6.07, 6.45) is 1.91. The summed E-state index contributed by atoms with van der Waals surface area (Å²) in [6, 6.07) is 29.4. The summed E-state index contributed by atoms with van der Waals surface area (Å²) in [7, 11) is 0. The summed E-state index contributed by atoms with van der Waals surface area (Å²) in [6.45, 7) is 4.78. The molecule has 0 N–H and O–H groups in total. The zero-order valence-electron chi connectivity index (χ0n) is 12.5. The Bertz CT molecular complexity index is 732. The molecule has 0 saturated heterocycles. The first kappa shape index (κ1) is 14.2. The Balaban J connectivity index is 2.05. The Morgan fingerprint density at radius 1 is 0.727 bits per heavy atom. The second-order valence-corrected chi connectivity index (χ2v) is 5.17. The van der Waals surface area contributed by atoms with Crippen LogP contribution in [0.15, 0.2) is 91.5 Å². The van der Waals surface area contributed by atoms with Crippen molar-refractivity contribution in [2.24, 2.45) is 0 Å². The summed E-state index contributed by atoms with van der Waals surface area (Å²) in [5, 5.41) is 0. The highest BCUT2D eigenvalue weighted by Gasteiger charge is 2.12. The molecule has 0 saturated carbocycles. The predicted molar refractivity (Wildman–Crippen MR) is 95.3 cm³/mol. The van der Waals surface area contributed by atoms with Crippen LogP contribution in [0.3, 0.4) is 0 Å². The fourth-order valence-electron chi connectivity index (χ4n) is 2.60. The SMILES string of the molecule is C=Cc1ccccc1N(Cc1ccccc1)c1ccccc1. The number of anilines is 2. The second-order valence-electron chi connectivity index (χ2n) is 5.17. The number of para-hydroxylation sites is 2. The average Bonchev–Trinajstić information content (AvgIpc) is 2.61. The van der Waals surface area contributed by atoms with Crippen LogP contribution in [0.2, 0.25) is 0 Å². The maximum Gasteiger partial charge on any atom is 0.0487 e. The van der Waals surface area contributed by atoms with Gasteiger partial charge in [0.05, 0.1) is 0 Å². The zero-order chi connectivity index (χ0) is 15.2. The van der Waals surface area contributed by atoms with E-state index in [1.165, 1.54) is 16.9 Å². The number of rotatable bonds is 5. The molecule has 3 aromatic rings. The Hall–Kier alpha value is -2.80. The minimum absolute atomic E-state index is 0.829.